The van der Waals surface area contributed by atoms with Crippen molar-refractivity contribution in [3.8, 4) is 0 Å². The molecule has 0 radical (unpaired) electrons. The first-order valence-corrected chi connectivity index (χ1v) is 8.04. The molecule has 0 fully saturated rings. The van der Waals surface area contributed by atoms with Gasteiger partial charge in [0, 0.05) is 31.0 Å². The minimum absolute atomic E-state index is 0.617. The molecule has 1 rings (SSSR count). The molecule has 1 N–H and O–H groups in total. The van der Waals surface area contributed by atoms with Crippen molar-refractivity contribution in [1.29, 1.82) is 0 Å². The van der Waals surface area contributed by atoms with Crippen LogP contribution >= 0.6 is 0 Å². The molecule has 0 aliphatic rings. The van der Waals surface area contributed by atoms with Crippen LogP contribution in [0.4, 0.5) is 5.69 Å². The van der Waals surface area contributed by atoms with Crippen molar-refractivity contribution in [2.75, 3.05) is 18.0 Å². The van der Waals surface area contributed by atoms with E-state index in [4.69, 9.17) is 0 Å². The topological polar surface area (TPSA) is 28.2 Å². The maximum Gasteiger partial charge on any atom is 0.0562 e. The fourth-order valence-corrected chi connectivity index (χ4v) is 2.58. The second-order valence-corrected chi connectivity index (χ2v) is 5.80. The summed E-state index contributed by atoms with van der Waals surface area (Å²) in [4.78, 5) is 7.02. The van der Waals surface area contributed by atoms with Crippen molar-refractivity contribution >= 4 is 5.69 Å². The van der Waals surface area contributed by atoms with Gasteiger partial charge < -0.3 is 10.2 Å². The Balaban J connectivity index is 2.94. The Morgan fingerprint density at radius 2 is 1.90 bits per heavy atom. The molecule has 3 nitrogen and oxygen atoms in total. The summed E-state index contributed by atoms with van der Waals surface area (Å²) >= 11 is 0. The van der Waals surface area contributed by atoms with Gasteiger partial charge in [-0.05, 0) is 37.4 Å². The molecule has 1 aromatic rings. The molecule has 1 aromatic heterocycles. The predicted molar refractivity (Wildman–Crippen MR) is 88.2 cm³/mol. The molecule has 0 aliphatic carbocycles. The summed E-state index contributed by atoms with van der Waals surface area (Å²) in [5.41, 5.74) is 2.44. The van der Waals surface area contributed by atoms with Gasteiger partial charge in [-0.3, -0.25) is 4.98 Å². The second-order valence-electron chi connectivity index (χ2n) is 5.80. The maximum absolute atomic E-state index is 4.46. The van der Waals surface area contributed by atoms with Gasteiger partial charge in [0.15, 0.2) is 0 Å². The van der Waals surface area contributed by atoms with E-state index in [1.807, 2.05) is 6.20 Å². The quantitative estimate of drug-likeness (QED) is 0.743. The molecule has 3 heteroatoms. The number of anilines is 1. The van der Waals surface area contributed by atoms with E-state index in [0.717, 1.165) is 25.3 Å². The zero-order chi connectivity index (χ0) is 15.0. The van der Waals surface area contributed by atoms with Crippen molar-refractivity contribution in [3.63, 3.8) is 0 Å². The van der Waals surface area contributed by atoms with Crippen LogP contribution in [-0.4, -0.2) is 24.1 Å². The molecule has 0 aliphatic heterocycles. The minimum atomic E-state index is 0.617. The van der Waals surface area contributed by atoms with E-state index >= 15 is 0 Å². The standard InChI is InChI=1S/C17H31N3/c1-6-16(7-2)20(13-14(4)5)17-9-10-19-15(11-17)12-18-8-3/h9-11,14,16,18H,6-8,12-13H2,1-5H3. The summed E-state index contributed by atoms with van der Waals surface area (Å²) in [6.07, 6.45) is 4.32. The third-order valence-electron chi connectivity index (χ3n) is 3.63. The van der Waals surface area contributed by atoms with Gasteiger partial charge in [0.1, 0.15) is 0 Å². The molecule has 1 heterocycles. The van der Waals surface area contributed by atoms with Crippen molar-refractivity contribution in [3.05, 3.63) is 24.0 Å². The monoisotopic (exact) mass is 277 g/mol. The molecule has 0 saturated heterocycles. The van der Waals surface area contributed by atoms with Crippen molar-refractivity contribution in [1.82, 2.24) is 10.3 Å². The molecule has 0 unspecified atom stereocenters. The lowest BCUT2D eigenvalue weighted by atomic mass is 10.1. The summed E-state index contributed by atoms with van der Waals surface area (Å²) in [5.74, 6) is 0.668. The number of pyridine rings is 1. The largest absolute Gasteiger partial charge is 0.368 e. The molecule has 114 valence electrons. The van der Waals surface area contributed by atoms with Crippen molar-refractivity contribution in [2.24, 2.45) is 5.92 Å². The minimum Gasteiger partial charge on any atom is -0.368 e. The van der Waals surface area contributed by atoms with Crippen LogP contribution in [-0.2, 0) is 6.54 Å². The molecule has 0 aromatic carbocycles. The molecular formula is C17H31N3. The van der Waals surface area contributed by atoms with Crippen LogP contribution in [0.3, 0.4) is 0 Å². The number of rotatable bonds is 9. The van der Waals surface area contributed by atoms with E-state index in [0.29, 0.717) is 12.0 Å². The summed E-state index contributed by atoms with van der Waals surface area (Å²) in [5, 5.41) is 3.35. The van der Waals surface area contributed by atoms with Crippen molar-refractivity contribution in [2.45, 2.75) is 60.0 Å². The van der Waals surface area contributed by atoms with Gasteiger partial charge in [0.05, 0.1) is 5.69 Å². The van der Waals surface area contributed by atoms with Gasteiger partial charge >= 0.3 is 0 Å². The summed E-state index contributed by atoms with van der Waals surface area (Å²) in [6, 6.07) is 5.01. The molecular weight excluding hydrogens is 246 g/mol. The summed E-state index contributed by atoms with van der Waals surface area (Å²) in [6.45, 7) is 14.2. The second kappa shape index (κ2) is 8.96. The average Bonchev–Trinajstić information content (AvgIpc) is 2.45. The van der Waals surface area contributed by atoms with Gasteiger partial charge in [0.2, 0.25) is 0 Å². The van der Waals surface area contributed by atoms with Crippen LogP contribution < -0.4 is 10.2 Å². The van der Waals surface area contributed by atoms with Crippen LogP contribution in [0.25, 0.3) is 0 Å². The van der Waals surface area contributed by atoms with Gasteiger partial charge in [-0.1, -0.05) is 34.6 Å². The van der Waals surface area contributed by atoms with Crippen LogP contribution in [0, 0.1) is 5.92 Å². The van der Waals surface area contributed by atoms with E-state index in [1.54, 1.807) is 0 Å². The van der Waals surface area contributed by atoms with Crippen LogP contribution in [0.2, 0.25) is 0 Å². The molecule has 0 amide bonds. The lowest BCUT2D eigenvalue weighted by Crippen LogP contribution is -2.37. The van der Waals surface area contributed by atoms with Gasteiger partial charge in [-0.15, -0.1) is 0 Å². The molecule has 0 bridgehead atoms. The normalized spacial score (nSPS) is 11.3. The first kappa shape index (κ1) is 17.0. The van der Waals surface area contributed by atoms with E-state index in [-0.39, 0.29) is 0 Å². The number of nitrogens with zero attached hydrogens (tertiary/aromatic N) is 2. The zero-order valence-corrected chi connectivity index (χ0v) is 13.8. The van der Waals surface area contributed by atoms with E-state index in [1.165, 1.54) is 18.5 Å². The number of aromatic nitrogens is 1. The third-order valence-corrected chi connectivity index (χ3v) is 3.63. The number of hydrogen-bond donors (Lipinski definition) is 1. The van der Waals surface area contributed by atoms with Gasteiger partial charge in [-0.25, -0.2) is 0 Å². The first-order chi connectivity index (χ1) is 9.62. The highest BCUT2D eigenvalue weighted by molar-refractivity contribution is 5.47. The highest BCUT2D eigenvalue weighted by atomic mass is 15.2. The highest BCUT2D eigenvalue weighted by Gasteiger charge is 2.17. The fraction of sp³-hybridized carbons (Fsp3) is 0.706. The van der Waals surface area contributed by atoms with E-state index < -0.39 is 0 Å². The Morgan fingerprint density at radius 3 is 2.45 bits per heavy atom. The van der Waals surface area contributed by atoms with Crippen LogP contribution in [0.1, 0.15) is 53.2 Å². The van der Waals surface area contributed by atoms with Gasteiger partial charge in [-0.2, -0.15) is 0 Å². The number of hydrogen-bond acceptors (Lipinski definition) is 3. The zero-order valence-electron chi connectivity index (χ0n) is 13.8. The number of nitrogens with one attached hydrogen (secondary N) is 1. The summed E-state index contributed by atoms with van der Waals surface area (Å²) in [7, 11) is 0. The molecule has 20 heavy (non-hydrogen) atoms. The van der Waals surface area contributed by atoms with E-state index in [9.17, 15) is 0 Å². The SMILES string of the molecule is CCNCc1cc(N(CC(C)C)C(CC)CC)ccn1. The van der Waals surface area contributed by atoms with Crippen LogP contribution in [0.15, 0.2) is 18.3 Å². The Bertz CT molecular complexity index is 372. The average molecular weight is 277 g/mol. The maximum atomic E-state index is 4.46. The fourth-order valence-electron chi connectivity index (χ4n) is 2.58. The predicted octanol–water partition coefficient (Wildman–Crippen LogP) is 3.84. The van der Waals surface area contributed by atoms with Crippen molar-refractivity contribution < 1.29 is 0 Å². The van der Waals surface area contributed by atoms with Crippen LogP contribution in [0.5, 0.6) is 0 Å². The summed E-state index contributed by atoms with van der Waals surface area (Å²) < 4.78 is 0. The molecule has 0 saturated carbocycles. The third kappa shape index (κ3) is 5.12. The Kier molecular flexibility index (Phi) is 7.60. The lowest BCUT2D eigenvalue weighted by molar-refractivity contribution is 0.507. The smallest absolute Gasteiger partial charge is 0.0562 e. The molecule has 0 atom stereocenters. The Morgan fingerprint density at radius 1 is 1.20 bits per heavy atom. The van der Waals surface area contributed by atoms with Gasteiger partial charge in [0.25, 0.3) is 0 Å². The highest BCUT2D eigenvalue weighted by Crippen LogP contribution is 2.22. The molecule has 0 spiro atoms. The Hall–Kier alpha value is -1.09. The first-order valence-electron chi connectivity index (χ1n) is 8.04. The van der Waals surface area contributed by atoms with E-state index in [2.05, 4.69) is 62.0 Å². The lowest BCUT2D eigenvalue weighted by Gasteiger charge is -2.34. The Labute approximate surface area is 124 Å².